The minimum atomic E-state index is -1.28. The smallest absolute Gasteiger partial charge is 0.0578 e. The van der Waals surface area contributed by atoms with Gasteiger partial charge in [0.05, 0.1) is 72.7 Å². The Bertz CT molecular complexity index is 1510. The van der Waals surface area contributed by atoms with E-state index in [4.69, 9.17) is 0 Å². The van der Waals surface area contributed by atoms with Crippen LogP contribution in [0.1, 0.15) is 132 Å². The first kappa shape index (κ1) is 86.8. The molecule has 480 valence electrons. The van der Waals surface area contributed by atoms with Crippen molar-refractivity contribution in [1.29, 1.82) is 0 Å². The van der Waals surface area contributed by atoms with E-state index in [0.29, 0.717) is 0 Å². The van der Waals surface area contributed by atoms with Gasteiger partial charge >= 0.3 is 0 Å². The summed E-state index contributed by atoms with van der Waals surface area (Å²) in [5.41, 5.74) is 6.39. The average Bonchev–Trinajstić information content (AvgIpc) is 3.39. The van der Waals surface area contributed by atoms with Crippen molar-refractivity contribution in [3.8, 4) is 0 Å². The Labute approximate surface area is 640 Å². The molecule has 0 heterocycles. The van der Waals surface area contributed by atoms with Crippen molar-refractivity contribution in [2.24, 2.45) is 0 Å². The maximum atomic E-state index is 3.13. The second kappa shape index (κ2) is 40.5. The highest BCUT2D eigenvalue weighted by Crippen LogP contribution is 2.51. The summed E-state index contributed by atoms with van der Waals surface area (Å²) in [6.07, 6.45) is 25.7. The molecule has 0 radical (unpaired) electrons. The predicted octanol–water partition coefficient (Wildman–Crippen LogP) is 27.6. The third-order valence-corrected chi connectivity index (χ3v) is 97.2. The van der Waals surface area contributed by atoms with Gasteiger partial charge in [-0.1, -0.05) is 452 Å². The molecule has 0 aromatic heterocycles. The molecule has 0 nitrogen and oxygen atoms in total. The first-order chi connectivity index (χ1) is 37.2. The predicted molar refractivity (Wildman–Crippen MR) is 485 cm³/mol. The summed E-state index contributed by atoms with van der Waals surface area (Å²) < 4.78 is 12.5. The van der Waals surface area contributed by atoms with Crippen molar-refractivity contribution in [1.82, 2.24) is 0 Å². The summed E-state index contributed by atoms with van der Waals surface area (Å²) in [5.74, 6) is 0. The second-order valence-electron chi connectivity index (χ2n) is 34.0. The van der Waals surface area contributed by atoms with E-state index < -0.39 is 72.7 Å². The van der Waals surface area contributed by atoms with Gasteiger partial charge in [-0.25, -0.2) is 0 Å². The average molecular weight is 2280 g/mol. The molecule has 0 aliphatic heterocycles. The molecule has 1 rings (SSSR count). The van der Waals surface area contributed by atoms with E-state index in [1.807, 2.05) is 16.7 Å². The lowest BCUT2D eigenvalue weighted by atomic mass is 9.63. The number of hydrogen-bond donors (Lipinski definition) is 0. The lowest BCUT2D eigenvalue weighted by Gasteiger charge is -2.44. The summed E-state index contributed by atoms with van der Waals surface area (Å²) >= 11 is 25.1. The van der Waals surface area contributed by atoms with Gasteiger partial charge in [-0.3, -0.25) is 0 Å². The first-order valence-corrected chi connectivity index (χ1v) is 76.9. The van der Waals surface area contributed by atoms with Crippen LogP contribution in [0.3, 0.4) is 0 Å². The summed E-state index contributed by atoms with van der Waals surface area (Å²) in [5, 5.41) is 0. The molecule has 1 aromatic rings. The molecule has 0 aliphatic carbocycles. The van der Waals surface area contributed by atoms with Gasteiger partial charge in [0, 0.05) is 0 Å². The molecule has 0 unspecified atom stereocenters. The van der Waals surface area contributed by atoms with Gasteiger partial charge in [0.2, 0.25) is 0 Å². The van der Waals surface area contributed by atoms with Gasteiger partial charge in [-0.15, -0.1) is 0 Å². The number of alkyl halides is 9. The van der Waals surface area contributed by atoms with Crippen molar-refractivity contribution < 1.29 is 0 Å². The molecular weight excluding hydrogens is 2150 g/mol. The molecule has 81 heavy (non-hydrogen) atoms. The highest BCUT2D eigenvalue weighted by Gasteiger charge is 2.42. The van der Waals surface area contributed by atoms with Crippen LogP contribution >= 0.6 is 203 Å². The fourth-order valence-corrected chi connectivity index (χ4v) is 34.4. The maximum Gasteiger partial charge on any atom is 0.0578 e. The molecule has 0 saturated carbocycles. The molecule has 0 spiro atoms. The van der Waals surface area contributed by atoms with Crippen molar-refractivity contribution in [2.75, 3.05) is 36.5 Å². The van der Waals surface area contributed by atoms with Crippen LogP contribution in [0, 0.1) is 0 Å². The molecule has 1 aromatic carbocycles. The van der Waals surface area contributed by atoms with Crippen LogP contribution in [0.5, 0.6) is 0 Å². The van der Waals surface area contributed by atoms with Crippen molar-refractivity contribution in [3.63, 3.8) is 0 Å². The Morgan fingerprint density at radius 1 is 0.210 bits per heavy atom. The lowest BCUT2D eigenvalue weighted by Crippen LogP contribution is -2.37. The summed E-state index contributed by atoms with van der Waals surface area (Å²) in [4.78, 5) is 0. The van der Waals surface area contributed by atoms with Crippen LogP contribution in [-0.2, 0) is 16.2 Å². The zero-order chi connectivity index (χ0) is 62.3. The summed E-state index contributed by atoms with van der Waals surface area (Å²) in [6, 6.07) is 22.8. The lowest BCUT2D eigenvalue weighted by molar-refractivity contribution is 0.303. The van der Waals surface area contributed by atoms with Crippen LogP contribution in [0.15, 0.2) is 18.2 Å². The monoisotopic (exact) mass is 2280 g/mol. The summed E-state index contributed by atoms with van der Waals surface area (Å²) in [6.45, 7) is 49.1. The first-order valence-electron chi connectivity index (χ1n) is 32.4. The van der Waals surface area contributed by atoms with E-state index in [2.05, 4.69) is 339 Å². The Kier molecular flexibility index (Phi) is 43.3. The van der Waals surface area contributed by atoms with Crippen LogP contribution in [-0.4, -0.2) is 109 Å². The highest BCUT2D eigenvalue weighted by atomic mass is 127. The Morgan fingerprint density at radius 2 is 0.309 bits per heavy atom. The minimum absolute atomic E-state index is 0.244. The van der Waals surface area contributed by atoms with E-state index >= 15 is 0 Å². The molecule has 18 heteroatoms. The van der Waals surface area contributed by atoms with Gasteiger partial charge in [-0.05, 0) is 127 Å². The fraction of sp³-hybridized carbons (Fsp3) is 0.905. The van der Waals surface area contributed by atoms with Gasteiger partial charge in [0.1, 0.15) is 0 Å². The van der Waals surface area contributed by atoms with Crippen LogP contribution in [0.2, 0.25) is 172 Å². The van der Waals surface area contributed by atoms with Gasteiger partial charge < -0.3 is 0 Å². The van der Waals surface area contributed by atoms with E-state index in [0.717, 1.165) is 0 Å². The van der Waals surface area contributed by atoms with Gasteiger partial charge in [-0.2, -0.15) is 0 Å². The molecule has 0 saturated heterocycles. The molecule has 0 atom stereocenters. The van der Waals surface area contributed by atoms with Crippen LogP contribution < -0.4 is 0 Å². The maximum absolute atomic E-state index is 3.13. The molecule has 0 amide bonds. The Morgan fingerprint density at radius 3 is 0.395 bits per heavy atom. The highest BCUT2D eigenvalue weighted by molar-refractivity contribution is 14.1. The van der Waals surface area contributed by atoms with E-state index in [-0.39, 0.29) is 16.2 Å². The van der Waals surface area contributed by atoms with Gasteiger partial charge in [0.25, 0.3) is 0 Å². The van der Waals surface area contributed by atoms with Crippen LogP contribution in [0.4, 0.5) is 0 Å². The topological polar surface area (TPSA) is 0 Å². The standard InChI is InChI=1S/C63H129I9Si9/c1-73(2,49-64)37-19-28-61(29-20-38-74(3,4)50-65,30-21-39-75(5,6)51-66)58-46-59(62(31-22-40-76(7,8)52-67,32-23-41-77(9,10)53-68)33-24-42-78(11,12)54-69)48-60(47-58)63(34-25-43-79(13,14)55-70,35-26-44-80(15,16)56-71)36-27-45-81(17,18)57-72/h46-48H,19-45,49-57H2,1-18H3. The molecule has 0 fully saturated rings. The largest absolute Gasteiger partial charge is 0.0897 e. The third-order valence-electron chi connectivity index (χ3n) is 19.6. The van der Waals surface area contributed by atoms with E-state index in [1.54, 1.807) is 0 Å². The van der Waals surface area contributed by atoms with Crippen molar-refractivity contribution in [3.05, 3.63) is 34.9 Å². The minimum Gasteiger partial charge on any atom is -0.0897 e. The zero-order valence-electron chi connectivity index (χ0n) is 56.1. The number of benzene rings is 1. The van der Waals surface area contributed by atoms with E-state index in [1.165, 1.54) is 206 Å². The number of hydrogen-bond acceptors (Lipinski definition) is 0. The molecule has 0 N–H and O–H groups in total. The SMILES string of the molecule is C[Si](C)(CI)CCCC(CCC[Si](C)(C)CI)(CCC[Si](C)(C)CI)c1cc(C(CCC[Si](C)(C)CI)(CCC[Si](C)(C)CI)CCC[Si](C)(C)CI)cc(C(CCC[Si](C)(C)CI)(CCC[Si](C)(C)CI)CCC[Si](C)(C)CI)c1. The molecule has 0 aliphatic rings. The normalized spacial score (nSPS) is 14.4. The van der Waals surface area contributed by atoms with Crippen molar-refractivity contribution in [2.45, 2.75) is 304 Å². The number of halogens is 9. The summed E-state index contributed by atoms with van der Waals surface area (Å²) in [7, 11) is -11.5. The molecular formula is C63H129I9Si9. The Hall–Kier alpha value is 7.74. The zero-order valence-corrected chi connectivity index (χ0v) is 84.5. The van der Waals surface area contributed by atoms with Crippen molar-refractivity contribution >= 4 is 276 Å². The quantitative estimate of drug-likeness (QED) is 0.0347. The van der Waals surface area contributed by atoms with E-state index in [9.17, 15) is 0 Å². The second-order valence-corrected chi connectivity index (χ2v) is 100. The van der Waals surface area contributed by atoms with Gasteiger partial charge in [0.15, 0.2) is 0 Å². The fourth-order valence-electron chi connectivity index (χ4n) is 12.7. The van der Waals surface area contributed by atoms with Crippen LogP contribution in [0.25, 0.3) is 0 Å². The third kappa shape index (κ3) is 34.5. The number of rotatable bonds is 48. The molecule has 0 bridgehead atoms. The Balaban J connectivity index is 5.20.